The molecule has 5 heteroatoms. The minimum atomic E-state index is -0.220. The molecule has 1 aliphatic heterocycles. The summed E-state index contributed by atoms with van der Waals surface area (Å²) in [5, 5.41) is 6.32. The number of hydrogen-bond acceptors (Lipinski definition) is 3. The van der Waals surface area contributed by atoms with Gasteiger partial charge in [-0.05, 0) is 24.1 Å². The van der Waals surface area contributed by atoms with Gasteiger partial charge in [0.1, 0.15) is 11.3 Å². The van der Waals surface area contributed by atoms with Crippen LogP contribution in [-0.2, 0) is 10.5 Å². The predicted octanol–water partition coefficient (Wildman–Crippen LogP) is 2.62. The Kier molecular flexibility index (Phi) is 5.22. The van der Waals surface area contributed by atoms with Crippen LogP contribution in [0.3, 0.4) is 0 Å². The van der Waals surface area contributed by atoms with Gasteiger partial charge < -0.3 is 5.32 Å². The molecule has 2 unspecified atom stereocenters. The van der Waals surface area contributed by atoms with Crippen LogP contribution >= 0.6 is 11.8 Å². The van der Waals surface area contributed by atoms with Gasteiger partial charge in [-0.15, -0.1) is 11.8 Å². The van der Waals surface area contributed by atoms with Crippen molar-refractivity contribution in [3.05, 3.63) is 35.6 Å². The van der Waals surface area contributed by atoms with Crippen molar-refractivity contribution in [2.45, 2.75) is 43.5 Å². The van der Waals surface area contributed by atoms with Gasteiger partial charge in [-0.25, -0.2) is 4.39 Å². The summed E-state index contributed by atoms with van der Waals surface area (Å²) in [6, 6.07) is 6.82. The van der Waals surface area contributed by atoms with Gasteiger partial charge in [0, 0.05) is 18.2 Å². The lowest BCUT2D eigenvalue weighted by molar-refractivity contribution is -0.123. The Morgan fingerprint density at radius 1 is 1.47 bits per heavy atom. The maximum absolute atomic E-state index is 13.1. The summed E-state index contributed by atoms with van der Waals surface area (Å²) in [5.41, 5.74) is 0.847. The molecule has 0 radical (unpaired) electrons. The van der Waals surface area contributed by atoms with E-state index in [-0.39, 0.29) is 23.3 Å². The molecule has 0 aromatic heterocycles. The lowest BCUT2D eigenvalue weighted by Gasteiger charge is -2.31. The van der Waals surface area contributed by atoms with E-state index in [2.05, 4.69) is 17.6 Å². The maximum atomic E-state index is 13.1. The van der Waals surface area contributed by atoms with Crippen LogP contribution in [0.2, 0.25) is 0 Å². The molecular formula is C14H19FN2OS. The third kappa shape index (κ3) is 4.51. The van der Waals surface area contributed by atoms with Crippen molar-refractivity contribution >= 4 is 17.7 Å². The highest BCUT2D eigenvalue weighted by molar-refractivity contribution is 7.99. The summed E-state index contributed by atoms with van der Waals surface area (Å²) in [5.74, 6) is 0.547. The molecule has 1 amide bonds. The quantitative estimate of drug-likeness (QED) is 0.872. The van der Waals surface area contributed by atoms with Crippen molar-refractivity contribution in [3.8, 4) is 0 Å². The van der Waals surface area contributed by atoms with Crippen LogP contribution in [0.5, 0.6) is 0 Å². The van der Waals surface area contributed by atoms with Crippen molar-refractivity contribution in [1.29, 1.82) is 0 Å². The lowest BCUT2D eigenvalue weighted by Crippen LogP contribution is -2.54. The monoisotopic (exact) mass is 282 g/mol. The molecule has 1 fully saturated rings. The van der Waals surface area contributed by atoms with E-state index in [4.69, 9.17) is 0 Å². The molecule has 1 aliphatic rings. The SMILES string of the molecule is CCCC1CC(=O)NC(SCc2cccc(F)c2)N1. The number of carbonyl (C=O) groups excluding carboxylic acids is 1. The molecule has 2 N–H and O–H groups in total. The average molecular weight is 282 g/mol. The Hall–Kier alpha value is -1.07. The third-order valence-corrected chi connectivity index (χ3v) is 4.14. The molecule has 1 heterocycles. The zero-order valence-electron chi connectivity index (χ0n) is 11.0. The van der Waals surface area contributed by atoms with E-state index in [1.807, 2.05) is 6.07 Å². The second-order valence-corrected chi connectivity index (χ2v) is 5.84. The molecule has 3 nitrogen and oxygen atoms in total. The zero-order chi connectivity index (χ0) is 13.7. The van der Waals surface area contributed by atoms with Crippen LogP contribution in [0, 0.1) is 5.82 Å². The van der Waals surface area contributed by atoms with E-state index in [1.54, 1.807) is 17.8 Å². The van der Waals surface area contributed by atoms with Crippen LogP contribution in [0.4, 0.5) is 4.39 Å². The molecule has 2 rings (SSSR count). The highest BCUT2D eigenvalue weighted by atomic mass is 32.2. The van der Waals surface area contributed by atoms with Crippen LogP contribution in [0.1, 0.15) is 31.7 Å². The summed E-state index contributed by atoms with van der Waals surface area (Å²) in [4.78, 5) is 11.6. The molecule has 0 aliphatic carbocycles. The van der Waals surface area contributed by atoms with Gasteiger partial charge in [-0.3, -0.25) is 10.1 Å². The average Bonchev–Trinajstić information content (AvgIpc) is 2.36. The Morgan fingerprint density at radius 3 is 3.05 bits per heavy atom. The number of carbonyl (C=O) groups is 1. The van der Waals surface area contributed by atoms with Crippen molar-refractivity contribution in [2.75, 3.05) is 0 Å². The smallest absolute Gasteiger partial charge is 0.223 e. The van der Waals surface area contributed by atoms with Gasteiger partial charge in [0.15, 0.2) is 0 Å². The largest absolute Gasteiger partial charge is 0.332 e. The molecular weight excluding hydrogens is 263 g/mol. The predicted molar refractivity (Wildman–Crippen MR) is 76.1 cm³/mol. The molecule has 0 bridgehead atoms. The first kappa shape index (κ1) is 14.3. The number of amides is 1. The van der Waals surface area contributed by atoms with E-state index < -0.39 is 0 Å². The summed E-state index contributed by atoms with van der Waals surface area (Å²) < 4.78 is 13.1. The van der Waals surface area contributed by atoms with Crippen molar-refractivity contribution in [3.63, 3.8) is 0 Å². The maximum Gasteiger partial charge on any atom is 0.223 e. The van der Waals surface area contributed by atoms with E-state index >= 15 is 0 Å². The minimum Gasteiger partial charge on any atom is -0.332 e. The molecule has 0 saturated carbocycles. The Labute approximate surface area is 117 Å². The number of rotatable bonds is 5. The topological polar surface area (TPSA) is 41.1 Å². The zero-order valence-corrected chi connectivity index (χ0v) is 11.8. The van der Waals surface area contributed by atoms with Gasteiger partial charge in [-0.1, -0.05) is 25.5 Å². The molecule has 104 valence electrons. The second kappa shape index (κ2) is 6.91. The number of thioether (sulfide) groups is 1. The Morgan fingerprint density at radius 2 is 2.32 bits per heavy atom. The van der Waals surface area contributed by atoms with Crippen LogP contribution < -0.4 is 10.6 Å². The van der Waals surface area contributed by atoms with E-state index in [0.717, 1.165) is 18.4 Å². The van der Waals surface area contributed by atoms with Gasteiger partial charge in [0.05, 0.1) is 0 Å². The van der Waals surface area contributed by atoms with Crippen molar-refractivity contribution in [2.24, 2.45) is 0 Å². The molecule has 1 saturated heterocycles. The van der Waals surface area contributed by atoms with Crippen LogP contribution in [-0.4, -0.2) is 17.4 Å². The van der Waals surface area contributed by atoms with E-state index in [9.17, 15) is 9.18 Å². The highest BCUT2D eigenvalue weighted by Crippen LogP contribution is 2.19. The summed E-state index contributed by atoms with van der Waals surface area (Å²) in [6.07, 6.45) is 2.61. The number of halogens is 1. The van der Waals surface area contributed by atoms with E-state index in [0.29, 0.717) is 12.2 Å². The first-order chi connectivity index (χ1) is 9.17. The van der Waals surface area contributed by atoms with Gasteiger partial charge in [0.2, 0.25) is 5.91 Å². The van der Waals surface area contributed by atoms with Gasteiger partial charge >= 0.3 is 0 Å². The fourth-order valence-electron chi connectivity index (χ4n) is 2.17. The van der Waals surface area contributed by atoms with Gasteiger partial charge in [-0.2, -0.15) is 0 Å². The Balaban J connectivity index is 1.86. The minimum absolute atomic E-state index is 0.0823. The van der Waals surface area contributed by atoms with Crippen molar-refractivity contribution < 1.29 is 9.18 Å². The first-order valence-corrected chi connectivity index (χ1v) is 7.63. The Bertz CT molecular complexity index is 441. The fraction of sp³-hybridized carbons (Fsp3) is 0.500. The molecule has 2 atom stereocenters. The number of benzene rings is 1. The third-order valence-electron chi connectivity index (χ3n) is 3.05. The summed E-state index contributed by atoms with van der Waals surface area (Å²) in [6.45, 7) is 2.11. The summed E-state index contributed by atoms with van der Waals surface area (Å²) in [7, 11) is 0. The fourth-order valence-corrected chi connectivity index (χ4v) is 3.22. The summed E-state index contributed by atoms with van der Waals surface area (Å²) >= 11 is 1.58. The normalized spacial score (nSPS) is 23.2. The highest BCUT2D eigenvalue weighted by Gasteiger charge is 2.25. The van der Waals surface area contributed by atoms with Crippen molar-refractivity contribution in [1.82, 2.24) is 10.6 Å². The number of nitrogens with one attached hydrogen (secondary N) is 2. The second-order valence-electron chi connectivity index (χ2n) is 4.74. The number of hydrogen-bond donors (Lipinski definition) is 2. The van der Waals surface area contributed by atoms with Crippen LogP contribution in [0.15, 0.2) is 24.3 Å². The lowest BCUT2D eigenvalue weighted by atomic mass is 10.1. The van der Waals surface area contributed by atoms with Gasteiger partial charge in [0.25, 0.3) is 0 Å². The molecule has 0 spiro atoms. The van der Waals surface area contributed by atoms with E-state index in [1.165, 1.54) is 12.1 Å². The molecule has 1 aromatic rings. The standard InChI is InChI=1S/C14H19FN2OS/c1-2-4-12-8-13(18)17-14(16-12)19-9-10-5-3-6-11(15)7-10/h3,5-7,12,14,16H,2,4,8-9H2,1H3,(H,17,18). The van der Waals surface area contributed by atoms with Crippen LogP contribution in [0.25, 0.3) is 0 Å². The molecule has 19 heavy (non-hydrogen) atoms. The molecule has 1 aromatic carbocycles. The first-order valence-electron chi connectivity index (χ1n) is 6.59.